The molecule has 0 unspecified atom stereocenters. The van der Waals surface area contributed by atoms with E-state index in [0.717, 1.165) is 30.4 Å². The van der Waals surface area contributed by atoms with Crippen LogP contribution < -0.4 is 4.90 Å². The normalized spacial score (nSPS) is 15.2. The van der Waals surface area contributed by atoms with Gasteiger partial charge < -0.3 is 9.80 Å². The summed E-state index contributed by atoms with van der Waals surface area (Å²) in [7, 11) is 1.81. The summed E-state index contributed by atoms with van der Waals surface area (Å²) in [4.78, 5) is 25.4. The molecule has 3 rings (SSSR count). The van der Waals surface area contributed by atoms with Crippen LogP contribution in [0.25, 0.3) is 0 Å². The summed E-state index contributed by atoms with van der Waals surface area (Å²) < 4.78 is 1.65. The maximum absolute atomic E-state index is 12.4. The predicted molar refractivity (Wildman–Crippen MR) is 82.8 cm³/mol. The van der Waals surface area contributed by atoms with E-state index in [9.17, 15) is 4.79 Å². The first-order valence-corrected chi connectivity index (χ1v) is 7.38. The van der Waals surface area contributed by atoms with Crippen LogP contribution >= 0.6 is 0 Å². The highest BCUT2D eigenvalue weighted by Gasteiger charge is 2.24. The molecular formula is C15H20N6O. The van der Waals surface area contributed by atoms with E-state index in [0.29, 0.717) is 18.7 Å². The van der Waals surface area contributed by atoms with Gasteiger partial charge in [0.15, 0.2) is 0 Å². The number of piperazine rings is 1. The van der Waals surface area contributed by atoms with Crippen LogP contribution in [-0.2, 0) is 7.05 Å². The Balaban J connectivity index is 1.66. The molecule has 1 amide bonds. The highest BCUT2D eigenvalue weighted by molar-refractivity contribution is 5.93. The molecule has 7 nitrogen and oxygen atoms in total. The van der Waals surface area contributed by atoms with Gasteiger partial charge in [-0.05, 0) is 19.9 Å². The summed E-state index contributed by atoms with van der Waals surface area (Å²) in [5.74, 6) is 0.792. The van der Waals surface area contributed by atoms with Crippen molar-refractivity contribution in [3.63, 3.8) is 0 Å². The fourth-order valence-electron chi connectivity index (χ4n) is 2.67. The minimum absolute atomic E-state index is 0.0362. The van der Waals surface area contributed by atoms with Crippen molar-refractivity contribution in [2.75, 3.05) is 31.1 Å². The number of hydrogen-bond donors (Lipinski definition) is 0. The van der Waals surface area contributed by atoms with Gasteiger partial charge >= 0.3 is 0 Å². The van der Waals surface area contributed by atoms with Gasteiger partial charge in [-0.15, -0.1) is 0 Å². The molecule has 0 aromatic carbocycles. The van der Waals surface area contributed by atoms with Crippen molar-refractivity contribution in [3.8, 4) is 0 Å². The van der Waals surface area contributed by atoms with Gasteiger partial charge in [-0.1, -0.05) is 0 Å². The Morgan fingerprint density at radius 2 is 1.73 bits per heavy atom. The quantitative estimate of drug-likeness (QED) is 0.820. The second-order valence-electron chi connectivity index (χ2n) is 5.63. The van der Waals surface area contributed by atoms with Crippen LogP contribution in [0.5, 0.6) is 0 Å². The van der Waals surface area contributed by atoms with Gasteiger partial charge in [0.25, 0.3) is 5.91 Å². The van der Waals surface area contributed by atoms with E-state index in [4.69, 9.17) is 0 Å². The van der Waals surface area contributed by atoms with Gasteiger partial charge in [-0.3, -0.25) is 9.48 Å². The molecule has 0 spiro atoms. The van der Waals surface area contributed by atoms with E-state index >= 15 is 0 Å². The number of anilines is 1. The maximum Gasteiger partial charge on any atom is 0.257 e. The number of carbonyl (C=O) groups excluding carboxylic acids is 1. The molecule has 0 aliphatic carbocycles. The molecule has 7 heteroatoms. The summed E-state index contributed by atoms with van der Waals surface area (Å²) in [5.41, 5.74) is 2.58. The zero-order chi connectivity index (χ0) is 15.7. The smallest absolute Gasteiger partial charge is 0.257 e. The first-order valence-electron chi connectivity index (χ1n) is 7.38. The molecule has 2 aromatic rings. The molecule has 1 aliphatic rings. The lowest BCUT2D eigenvalue weighted by Crippen LogP contribution is -2.49. The molecule has 1 saturated heterocycles. The highest BCUT2D eigenvalue weighted by Crippen LogP contribution is 2.14. The minimum Gasteiger partial charge on any atom is -0.337 e. The standard InChI is InChI=1S/C15H20N6O/c1-11-8-12(2)18-15(17-11)21-6-4-20(5-7-21)14(22)13-9-16-19(3)10-13/h8-10H,4-7H2,1-3H3. The van der Waals surface area contributed by atoms with Crippen molar-refractivity contribution in [2.24, 2.45) is 7.05 Å². The summed E-state index contributed by atoms with van der Waals surface area (Å²) in [6.07, 6.45) is 3.36. The monoisotopic (exact) mass is 300 g/mol. The Labute approximate surface area is 129 Å². The highest BCUT2D eigenvalue weighted by atomic mass is 16.2. The second kappa shape index (κ2) is 5.75. The van der Waals surface area contributed by atoms with E-state index in [1.54, 1.807) is 17.1 Å². The lowest BCUT2D eigenvalue weighted by Gasteiger charge is -2.34. The van der Waals surface area contributed by atoms with Gasteiger partial charge in [0.1, 0.15) is 0 Å². The number of nitrogens with zero attached hydrogens (tertiary/aromatic N) is 6. The molecule has 1 fully saturated rings. The molecule has 3 heterocycles. The van der Waals surface area contributed by atoms with E-state index in [1.807, 2.05) is 31.9 Å². The molecule has 22 heavy (non-hydrogen) atoms. The van der Waals surface area contributed by atoms with Gasteiger partial charge in [-0.2, -0.15) is 5.10 Å². The number of hydrogen-bond acceptors (Lipinski definition) is 5. The van der Waals surface area contributed by atoms with Gasteiger partial charge in [-0.25, -0.2) is 9.97 Å². The summed E-state index contributed by atoms with van der Waals surface area (Å²) in [6, 6.07) is 1.96. The van der Waals surface area contributed by atoms with Gasteiger partial charge in [0, 0.05) is 50.8 Å². The first-order chi connectivity index (χ1) is 10.5. The van der Waals surface area contributed by atoms with Crippen molar-refractivity contribution in [3.05, 3.63) is 35.4 Å². The molecule has 0 atom stereocenters. The van der Waals surface area contributed by atoms with E-state index in [1.165, 1.54) is 0 Å². The number of aryl methyl sites for hydroxylation is 3. The summed E-state index contributed by atoms with van der Waals surface area (Å²) in [6.45, 7) is 6.78. The first kappa shape index (κ1) is 14.5. The van der Waals surface area contributed by atoms with Crippen LogP contribution in [0.1, 0.15) is 21.7 Å². The molecule has 2 aromatic heterocycles. The molecule has 116 valence electrons. The third kappa shape index (κ3) is 2.93. The fourth-order valence-corrected chi connectivity index (χ4v) is 2.67. The molecule has 0 bridgehead atoms. The van der Waals surface area contributed by atoms with Crippen molar-refractivity contribution < 1.29 is 4.79 Å². The maximum atomic E-state index is 12.4. The zero-order valence-electron chi connectivity index (χ0n) is 13.2. The Morgan fingerprint density at radius 1 is 1.09 bits per heavy atom. The predicted octanol–water partition coefficient (Wildman–Crippen LogP) is 0.789. The molecule has 0 radical (unpaired) electrons. The largest absolute Gasteiger partial charge is 0.337 e. The topological polar surface area (TPSA) is 67.2 Å². The third-order valence-electron chi connectivity index (χ3n) is 3.77. The Bertz CT molecular complexity index is 667. The van der Waals surface area contributed by atoms with Gasteiger partial charge in [0.05, 0.1) is 11.8 Å². The molecular weight excluding hydrogens is 280 g/mol. The van der Waals surface area contributed by atoms with Crippen molar-refractivity contribution in [1.82, 2.24) is 24.6 Å². The van der Waals surface area contributed by atoms with Gasteiger partial charge in [0.2, 0.25) is 5.95 Å². The van der Waals surface area contributed by atoms with Crippen LogP contribution in [0.15, 0.2) is 18.5 Å². The lowest BCUT2D eigenvalue weighted by molar-refractivity contribution is 0.0746. The molecule has 0 N–H and O–H groups in total. The van der Waals surface area contributed by atoms with Crippen LogP contribution in [0, 0.1) is 13.8 Å². The van der Waals surface area contributed by atoms with E-state index < -0.39 is 0 Å². The SMILES string of the molecule is Cc1cc(C)nc(N2CCN(C(=O)c3cnn(C)c3)CC2)n1. The van der Waals surface area contributed by atoms with E-state index in [-0.39, 0.29) is 5.91 Å². The summed E-state index contributed by atoms with van der Waals surface area (Å²) in [5, 5.41) is 4.05. The average Bonchev–Trinajstić information content (AvgIpc) is 2.92. The minimum atomic E-state index is 0.0362. The lowest BCUT2D eigenvalue weighted by atomic mass is 10.2. The van der Waals surface area contributed by atoms with Crippen molar-refractivity contribution in [2.45, 2.75) is 13.8 Å². The van der Waals surface area contributed by atoms with E-state index in [2.05, 4.69) is 20.0 Å². The van der Waals surface area contributed by atoms with Crippen molar-refractivity contribution in [1.29, 1.82) is 0 Å². The average molecular weight is 300 g/mol. The van der Waals surface area contributed by atoms with Crippen molar-refractivity contribution >= 4 is 11.9 Å². The Hall–Kier alpha value is -2.44. The second-order valence-corrected chi connectivity index (χ2v) is 5.63. The van der Waals surface area contributed by atoms with Crippen LogP contribution in [-0.4, -0.2) is 56.7 Å². The Kier molecular flexibility index (Phi) is 3.79. The number of rotatable bonds is 2. The zero-order valence-corrected chi connectivity index (χ0v) is 13.2. The Morgan fingerprint density at radius 3 is 2.27 bits per heavy atom. The van der Waals surface area contributed by atoms with Crippen LogP contribution in [0.2, 0.25) is 0 Å². The number of amides is 1. The number of carbonyl (C=O) groups is 1. The molecule has 1 aliphatic heterocycles. The van der Waals surface area contributed by atoms with Crippen LogP contribution in [0.3, 0.4) is 0 Å². The fraction of sp³-hybridized carbons (Fsp3) is 0.467. The summed E-state index contributed by atoms with van der Waals surface area (Å²) >= 11 is 0. The van der Waals surface area contributed by atoms with Crippen LogP contribution in [0.4, 0.5) is 5.95 Å². The number of aromatic nitrogens is 4. The third-order valence-corrected chi connectivity index (χ3v) is 3.77. The molecule has 0 saturated carbocycles.